The Labute approximate surface area is 162 Å². The van der Waals surface area contributed by atoms with E-state index in [0.717, 1.165) is 38.5 Å². The maximum atomic E-state index is 10.1. The number of rotatable bonds is 3. The first-order valence-corrected chi connectivity index (χ1v) is 10.6. The van der Waals surface area contributed by atoms with Gasteiger partial charge in [0.05, 0.1) is 6.10 Å². The lowest BCUT2D eigenvalue weighted by atomic mass is 9.49. The molecule has 0 aromatic rings. The molecule has 7 atom stereocenters. The molecule has 0 aromatic carbocycles. The van der Waals surface area contributed by atoms with Crippen molar-refractivity contribution in [3.63, 3.8) is 0 Å². The van der Waals surface area contributed by atoms with Gasteiger partial charge in [-0.05, 0) is 91.6 Å². The second-order valence-corrected chi connectivity index (χ2v) is 10.1. The molecule has 3 saturated carbocycles. The van der Waals surface area contributed by atoms with Crippen LogP contribution in [0.1, 0.15) is 58.8 Å². The van der Waals surface area contributed by atoms with E-state index in [0.29, 0.717) is 35.2 Å². The van der Waals surface area contributed by atoms with Gasteiger partial charge in [-0.15, -0.1) is 0 Å². The summed E-state index contributed by atoms with van der Waals surface area (Å²) >= 11 is 12.4. The van der Waals surface area contributed by atoms with E-state index in [1.807, 2.05) is 0 Å². The fraction of sp³-hybridized carbons (Fsp3) is 0.900. The first-order valence-electron chi connectivity index (χ1n) is 9.81. The molecule has 0 spiro atoms. The number of hydrogen-bond acceptors (Lipinski definition) is 3. The van der Waals surface area contributed by atoms with Gasteiger partial charge < -0.3 is 15.9 Å². The molecular weight excluding hydrogens is 357 g/mol. The van der Waals surface area contributed by atoms with E-state index in [9.17, 15) is 10.2 Å². The third-order valence-electron chi connectivity index (χ3n) is 8.29. The first kappa shape index (κ1) is 19.9. The topological polar surface area (TPSA) is 66.5 Å². The average Bonchev–Trinajstić information content (AvgIpc) is 2.93. The summed E-state index contributed by atoms with van der Waals surface area (Å²) in [6.45, 7) is 5.48. The summed E-state index contributed by atoms with van der Waals surface area (Å²) in [5.74, 6) is 1.60. The van der Waals surface area contributed by atoms with Gasteiger partial charge in [-0.25, -0.2) is 0 Å². The molecule has 0 saturated heterocycles. The van der Waals surface area contributed by atoms with Crippen LogP contribution in [0.5, 0.6) is 0 Å². The number of allylic oxidation sites excluding steroid dienone is 1. The van der Waals surface area contributed by atoms with Crippen molar-refractivity contribution in [2.45, 2.75) is 64.9 Å². The van der Waals surface area contributed by atoms with E-state index in [1.165, 1.54) is 5.57 Å². The van der Waals surface area contributed by atoms with Crippen LogP contribution >= 0.6 is 23.2 Å². The van der Waals surface area contributed by atoms with Crippen LogP contribution in [0.2, 0.25) is 0 Å². The summed E-state index contributed by atoms with van der Waals surface area (Å²) in [6, 6.07) is 0. The Morgan fingerprint density at radius 2 is 1.88 bits per heavy atom. The van der Waals surface area contributed by atoms with Crippen LogP contribution in [-0.2, 0) is 0 Å². The van der Waals surface area contributed by atoms with Gasteiger partial charge in [0.25, 0.3) is 0 Å². The number of halogens is 2. The van der Waals surface area contributed by atoms with Crippen molar-refractivity contribution in [3.8, 4) is 0 Å². The second-order valence-electron chi connectivity index (χ2n) is 9.16. The molecule has 0 amide bonds. The number of nitrogens with two attached hydrogens (primary N) is 1. The molecule has 4 N–H and O–H groups in total. The van der Waals surface area contributed by atoms with Crippen molar-refractivity contribution in [1.29, 1.82) is 0 Å². The van der Waals surface area contributed by atoms with E-state index < -0.39 is 0 Å². The summed E-state index contributed by atoms with van der Waals surface area (Å²) in [5.41, 5.74) is 7.66. The molecule has 2 unspecified atom stereocenters. The fourth-order valence-electron chi connectivity index (χ4n) is 6.73. The molecule has 3 aliphatic carbocycles. The molecule has 25 heavy (non-hydrogen) atoms. The third-order valence-corrected chi connectivity index (χ3v) is 8.75. The van der Waals surface area contributed by atoms with Gasteiger partial charge in [-0.1, -0.05) is 37.0 Å². The SMILES string of the molecule is C[C@]12CCC([C@@]3(C)CC[C@H](O)C[C@@H]3CO)[C@@H](CN)C1CCC2=C(Cl)Cl. The summed E-state index contributed by atoms with van der Waals surface area (Å²) in [6.07, 6.45) is 6.52. The quantitative estimate of drug-likeness (QED) is 0.675. The predicted molar refractivity (Wildman–Crippen MR) is 103 cm³/mol. The Morgan fingerprint density at radius 1 is 1.16 bits per heavy atom. The van der Waals surface area contributed by atoms with Crippen molar-refractivity contribution in [1.82, 2.24) is 0 Å². The zero-order valence-corrected chi connectivity index (χ0v) is 17.0. The van der Waals surface area contributed by atoms with E-state index in [-0.39, 0.29) is 29.5 Å². The van der Waals surface area contributed by atoms with Gasteiger partial charge in [0.1, 0.15) is 4.49 Å². The summed E-state index contributed by atoms with van der Waals surface area (Å²) in [5, 5.41) is 20.1. The number of aliphatic hydroxyl groups excluding tert-OH is 2. The molecular formula is C20H33Cl2NO2. The van der Waals surface area contributed by atoms with Gasteiger partial charge in [-0.3, -0.25) is 0 Å². The monoisotopic (exact) mass is 389 g/mol. The Hall–Kier alpha value is 0.200. The minimum absolute atomic E-state index is 0.0522. The van der Waals surface area contributed by atoms with Crippen molar-refractivity contribution in [3.05, 3.63) is 10.1 Å². The Kier molecular flexibility index (Phi) is 5.84. The van der Waals surface area contributed by atoms with Crippen LogP contribution in [0.3, 0.4) is 0 Å². The van der Waals surface area contributed by atoms with Crippen molar-refractivity contribution in [2.75, 3.05) is 13.2 Å². The molecule has 0 radical (unpaired) electrons. The van der Waals surface area contributed by atoms with Crippen LogP contribution in [0.25, 0.3) is 0 Å². The Bertz CT molecular complexity index is 536. The van der Waals surface area contributed by atoms with E-state index in [4.69, 9.17) is 28.9 Å². The van der Waals surface area contributed by atoms with Crippen molar-refractivity contribution < 1.29 is 10.2 Å². The minimum Gasteiger partial charge on any atom is -0.396 e. The normalized spacial score (nSPS) is 47.6. The van der Waals surface area contributed by atoms with Crippen LogP contribution in [0, 0.1) is 34.5 Å². The molecule has 5 heteroatoms. The lowest BCUT2D eigenvalue weighted by molar-refractivity contribution is -0.0917. The first-order chi connectivity index (χ1) is 11.8. The minimum atomic E-state index is -0.272. The lowest BCUT2D eigenvalue weighted by Crippen LogP contribution is -2.52. The molecule has 0 aromatic heterocycles. The molecule has 144 valence electrons. The molecule has 0 bridgehead atoms. The van der Waals surface area contributed by atoms with Gasteiger partial charge in [0.2, 0.25) is 0 Å². The van der Waals surface area contributed by atoms with Crippen LogP contribution in [-0.4, -0.2) is 29.5 Å². The highest BCUT2D eigenvalue weighted by Gasteiger charge is 2.57. The Morgan fingerprint density at radius 3 is 2.48 bits per heavy atom. The molecule has 3 nitrogen and oxygen atoms in total. The Balaban J connectivity index is 1.91. The second kappa shape index (κ2) is 7.31. The summed E-state index contributed by atoms with van der Waals surface area (Å²) < 4.78 is 0.458. The zero-order chi connectivity index (χ0) is 18.4. The van der Waals surface area contributed by atoms with Crippen molar-refractivity contribution >= 4 is 23.2 Å². The van der Waals surface area contributed by atoms with Gasteiger partial charge in [0, 0.05) is 6.61 Å². The molecule has 0 heterocycles. The number of fused-ring (bicyclic) bond motifs is 1. The molecule has 3 rings (SSSR count). The maximum absolute atomic E-state index is 10.1. The average molecular weight is 390 g/mol. The van der Waals surface area contributed by atoms with E-state index >= 15 is 0 Å². The predicted octanol–water partition coefficient (Wildman–Crippen LogP) is 4.24. The van der Waals surface area contributed by atoms with Crippen LogP contribution in [0.15, 0.2) is 10.1 Å². The molecule has 3 aliphatic rings. The van der Waals surface area contributed by atoms with E-state index in [2.05, 4.69) is 13.8 Å². The smallest absolute Gasteiger partial charge is 0.106 e. The molecule has 3 fully saturated rings. The standard InChI is InChI=1S/C20H33Cl2NO2/c1-19(7-5-13(25)9-12(19)11-24)16-6-8-20(2)15(14(16)10-23)3-4-17(20)18(21)22/h12-16,24-25H,3-11,23H2,1-2H3/t12-,13+,14+,15?,16?,19+,20+/m1/s1. The fourth-order valence-corrected chi connectivity index (χ4v) is 7.35. The van der Waals surface area contributed by atoms with Gasteiger partial charge >= 0.3 is 0 Å². The summed E-state index contributed by atoms with van der Waals surface area (Å²) in [7, 11) is 0. The largest absolute Gasteiger partial charge is 0.396 e. The van der Waals surface area contributed by atoms with E-state index in [1.54, 1.807) is 0 Å². The highest BCUT2D eigenvalue weighted by molar-refractivity contribution is 6.56. The van der Waals surface area contributed by atoms with Crippen LogP contribution < -0.4 is 5.73 Å². The lowest BCUT2D eigenvalue weighted by Gasteiger charge is -2.56. The van der Waals surface area contributed by atoms with Crippen molar-refractivity contribution in [2.24, 2.45) is 40.2 Å². The zero-order valence-electron chi connectivity index (χ0n) is 15.5. The molecule has 0 aliphatic heterocycles. The highest BCUT2D eigenvalue weighted by atomic mass is 35.5. The van der Waals surface area contributed by atoms with Crippen LogP contribution in [0.4, 0.5) is 0 Å². The maximum Gasteiger partial charge on any atom is 0.106 e. The van der Waals surface area contributed by atoms with Gasteiger partial charge in [0.15, 0.2) is 0 Å². The van der Waals surface area contributed by atoms with Gasteiger partial charge in [-0.2, -0.15) is 0 Å². The number of aliphatic hydroxyl groups is 2. The summed E-state index contributed by atoms with van der Waals surface area (Å²) in [4.78, 5) is 0. The number of hydrogen-bond donors (Lipinski definition) is 3. The highest BCUT2D eigenvalue weighted by Crippen LogP contribution is 2.64. The third kappa shape index (κ3) is 3.18.